The molecule has 88 valence electrons. The van der Waals surface area contributed by atoms with Crippen LogP contribution in [0, 0.1) is 6.92 Å². The molecule has 0 N–H and O–H groups in total. The first kappa shape index (κ1) is 11.9. The lowest BCUT2D eigenvalue weighted by molar-refractivity contribution is 1.02. The molecule has 0 atom stereocenters. The van der Waals surface area contributed by atoms with Gasteiger partial charge in [-0.3, -0.25) is 0 Å². The van der Waals surface area contributed by atoms with Gasteiger partial charge in [-0.15, -0.1) is 0 Å². The van der Waals surface area contributed by atoms with E-state index in [-0.39, 0.29) is 0 Å². The first-order chi connectivity index (χ1) is 8.27. The Balaban J connectivity index is 2.63. The van der Waals surface area contributed by atoms with Gasteiger partial charge >= 0.3 is 0 Å². The standard InChI is InChI=1S/C17H20/c1-4-15-13(3)11-12-17(16(15)5-2)14-9-7-6-8-10-14/h6-12H,4-5H2,1-3H3. The molecule has 0 nitrogen and oxygen atoms in total. The Morgan fingerprint density at radius 1 is 0.765 bits per heavy atom. The van der Waals surface area contributed by atoms with Gasteiger partial charge in [-0.1, -0.05) is 56.3 Å². The lowest BCUT2D eigenvalue weighted by Gasteiger charge is -2.15. The van der Waals surface area contributed by atoms with Crippen molar-refractivity contribution in [2.45, 2.75) is 33.6 Å². The molecule has 0 unspecified atom stereocenters. The van der Waals surface area contributed by atoms with E-state index in [9.17, 15) is 0 Å². The summed E-state index contributed by atoms with van der Waals surface area (Å²) in [6, 6.07) is 15.2. The van der Waals surface area contributed by atoms with Crippen molar-refractivity contribution in [3.8, 4) is 11.1 Å². The Hall–Kier alpha value is -1.56. The van der Waals surface area contributed by atoms with Crippen molar-refractivity contribution in [1.29, 1.82) is 0 Å². The number of rotatable bonds is 3. The SMILES string of the molecule is CCc1c(C)ccc(-c2ccccc2)c1CC. The van der Waals surface area contributed by atoms with Crippen LogP contribution in [0.1, 0.15) is 30.5 Å². The fraction of sp³-hybridized carbons (Fsp3) is 0.294. The molecule has 0 heteroatoms. The molecule has 0 aliphatic carbocycles. The van der Waals surface area contributed by atoms with Gasteiger partial charge in [-0.05, 0) is 47.6 Å². The quantitative estimate of drug-likeness (QED) is 0.703. The average Bonchev–Trinajstić information content (AvgIpc) is 2.39. The summed E-state index contributed by atoms with van der Waals surface area (Å²) < 4.78 is 0. The van der Waals surface area contributed by atoms with Gasteiger partial charge in [0.05, 0.1) is 0 Å². The minimum atomic E-state index is 1.11. The third-order valence-corrected chi connectivity index (χ3v) is 3.46. The third-order valence-electron chi connectivity index (χ3n) is 3.46. The van der Waals surface area contributed by atoms with Crippen LogP contribution in [0.5, 0.6) is 0 Å². The molecule has 0 aromatic heterocycles. The van der Waals surface area contributed by atoms with E-state index in [4.69, 9.17) is 0 Å². The van der Waals surface area contributed by atoms with Crippen molar-refractivity contribution >= 4 is 0 Å². The van der Waals surface area contributed by atoms with Crippen molar-refractivity contribution in [3.63, 3.8) is 0 Å². The molecule has 0 aliphatic rings. The van der Waals surface area contributed by atoms with Crippen LogP contribution in [0.2, 0.25) is 0 Å². The minimum absolute atomic E-state index is 1.11. The molecular weight excluding hydrogens is 204 g/mol. The fourth-order valence-corrected chi connectivity index (χ4v) is 2.59. The van der Waals surface area contributed by atoms with Crippen LogP contribution >= 0.6 is 0 Å². The molecule has 17 heavy (non-hydrogen) atoms. The van der Waals surface area contributed by atoms with E-state index >= 15 is 0 Å². The van der Waals surface area contributed by atoms with Gasteiger partial charge in [0.15, 0.2) is 0 Å². The van der Waals surface area contributed by atoms with Crippen molar-refractivity contribution in [3.05, 3.63) is 59.2 Å². The highest BCUT2D eigenvalue weighted by Gasteiger charge is 2.09. The van der Waals surface area contributed by atoms with Gasteiger partial charge < -0.3 is 0 Å². The Morgan fingerprint density at radius 2 is 1.41 bits per heavy atom. The molecule has 0 bridgehead atoms. The highest BCUT2D eigenvalue weighted by atomic mass is 14.1. The summed E-state index contributed by atoms with van der Waals surface area (Å²) in [5.41, 5.74) is 7.19. The Labute approximate surface area is 104 Å². The first-order valence-corrected chi connectivity index (χ1v) is 6.44. The number of benzene rings is 2. The molecule has 2 rings (SSSR count). The molecule has 0 heterocycles. The largest absolute Gasteiger partial charge is 0.0622 e. The fourth-order valence-electron chi connectivity index (χ4n) is 2.59. The van der Waals surface area contributed by atoms with Crippen LogP contribution in [0.4, 0.5) is 0 Å². The van der Waals surface area contributed by atoms with E-state index in [2.05, 4.69) is 63.2 Å². The second-order valence-electron chi connectivity index (χ2n) is 4.46. The van der Waals surface area contributed by atoms with E-state index in [1.165, 1.54) is 27.8 Å². The van der Waals surface area contributed by atoms with Gasteiger partial charge in [0.25, 0.3) is 0 Å². The van der Waals surface area contributed by atoms with E-state index in [1.54, 1.807) is 0 Å². The summed E-state index contributed by atoms with van der Waals surface area (Å²) in [5.74, 6) is 0. The molecule has 0 amide bonds. The van der Waals surface area contributed by atoms with E-state index in [0.717, 1.165) is 12.8 Å². The average molecular weight is 224 g/mol. The van der Waals surface area contributed by atoms with Crippen molar-refractivity contribution in [1.82, 2.24) is 0 Å². The lowest BCUT2D eigenvalue weighted by Crippen LogP contribution is -1.98. The first-order valence-electron chi connectivity index (χ1n) is 6.44. The third kappa shape index (κ3) is 2.26. The molecule has 0 fully saturated rings. The van der Waals surface area contributed by atoms with Gasteiger partial charge in [0, 0.05) is 0 Å². The minimum Gasteiger partial charge on any atom is -0.0622 e. The molecule has 0 radical (unpaired) electrons. The van der Waals surface area contributed by atoms with Crippen LogP contribution in [-0.2, 0) is 12.8 Å². The van der Waals surface area contributed by atoms with Gasteiger partial charge in [-0.25, -0.2) is 0 Å². The Kier molecular flexibility index (Phi) is 3.63. The zero-order valence-electron chi connectivity index (χ0n) is 11.0. The summed E-state index contributed by atoms with van der Waals surface area (Å²) in [4.78, 5) is 0. The molecular formula is C17H20. The monoisotopic (exact) mass is 224 g/mol. The van der Waals surface area contributed by atoms with Crippen LogP contribution in [0.15, 0.2) is 42.5 Å². The van der Waals surface area contributed by atoms with Crippen molar-refractivity contribution in [2.24, 2.45) is 0 Å². The highest BCUT2D eigenvalue weighted by molar-refractivity contribution is 5.69. The van der Waals surface area contributed by atoms with Crippen LogP contribution in [0.3, 0.4) is 0 Å². The normalized spacial score (nSPS) is 10.5. The smallest absolute Gasteiger partial charge is 0.0149 e. The molecule has 2 aromatic rings. The zero-order chi connectivity index (χ0) is 12.3. The summed E-state index contributed by atoms with van der Waals surface area (Å²) in [7, 11) is 0. The summed E-state index contributed by atoms with van der Waals surface area (Å²) in [5, 5.41) is 0. The molecule has 0 saturated carbocycles. The van der Waals surface area contributed by atoms with E-state index in [1.807, 2.05) is 0 Å². The number of hydrogen-bond donors (Lipinski definition) is 0. The highest BCUT2D eigenvalue weighted by Crippen LogP contribution is 2.29. The maximum atomic E-state index is 2.27. The maximum absolute atomic E-state index is 2.27. The lowest BCUT2D eigenvalue weighted by atomic mass is 9.90. The predicted molar refractivity (Wildman–Crippen MR) is 75.4 cm³/mol. The van der Waals surface area contributed by atoms with Crippen LogP contribution < -0.4 is 0 Å². The summed E-state index contributed by atoms with van der Waals surface area (Å²) >= 11 is 0. The van der Waals surface area contributed by atoms with Crippen molar-refractivity contribution in [2.75, 3.05) is 0 Å². The van der Waals surface area contributed by atoms with Gasteiger partial charge in [0.1, 0.15) is 0 Å². The summed E-state index contributed by atoms with van der Waals surface area (Å²) in [6.07, 6.45) is 2.23. The number of aryl methyl sites for hydroxylation is 1. The maximum Gasteiger partial charge on any atom is -0.0149 e. The molecule has 0 saturated heterocycles. The molecule has 0 spiro atoms. The van der Waals surface area contributed by atoms with Crippen LogP contribution in [-0.4, -0.2) is 0 Å². The zero-order valence-corrected chi connectivity index (χ0v) is 11.0. The second kappa shape index (κ2) is 5.18. The van der Waals surface area contributed by atoms with E-state index in [0.29, 0.717) is 0 Å². The van der Waals surface area contributed by atoms with Gasteiger partial charge in [0.2, 0.25) is 0 Å². The van der Waals surface area contributed by atoms with Crippen LogP contribution in [0.25, 0.3) is 11.1 Å². The van der Waals surface area contributed by atoms with Crippen molar-refractivity contribution < 1.29 is 0 Å². The van der Waals surface area contributed by atoms with E-state index < -0.39 is 0 Å². The Bertz CT molecular complexity index is 495. The predicted octanol–water partition coefficient (Wildman–Crippen LogP) is 4.79. The Morgan fingerprint density at radius 3 is 2.00 bits per heavy atom. The second-order valence-corrected chi connectivity index (χ2v) is 4.46. The topological polar surface area (TPSA) is 0 Å². The van der Waals surface area contributed by atoms with Gasteiger partial charge in [-0.2, -0.15) is 0 Å². The number of hydrogen-bond acceptors (Lipinski definition) is 0. The molecule has 2 aromatic carbocycles. The summed E-state index contributed by atoms with van der Waals surface area (Å²) in [6.45, 7) is 6.71. The molecule has 0 aliphatic heterocycles.